The minimum absolute atomic E-state index is 0.142. The predicted molar refractivity (Wildman–Crippen MR) is 115 cm³/mol. The molecule has 4 rings (SSSR count). The topological polar surface area (TPSA) is 96.7 Å². The van der Waals surface area contributed by atoms with E-state index in [0.717, 1.165) is 21.9 Å². The number of carbonyl (C=O) groups is 2. The largest absolute Gasteiger partial charge is 0.508 e. The Balaban J connectivity index is 1.55. The number of phenolic OH excluding ortho intramolecular Hbond substituents is 1. The van der Waals surface area contributed by atoms with E-state index in [-0.39, 0.29) is 17.9 Å². The Kier molecular flexibility index (Phi) is 5.62. The monoisotopic (exact) mass is 413 g/mol. The van der Waals surface area contributed by atoms with Gasteiger partial charge in [0, 0.05) is 18.8 Å². The standard InChI is InChI=1S/C25H19NO5/c27-23-14-19-5-6-20(25(30)31-15-17-7-9-26-10-8-17)12-21(19)13-22(23)11-16-1-3-18(4-2-16)24(28)29/h1-10,12-14,27H,11,15H2,(H,28,29). The number of carbonyl (C=O) groups excluding carboxylic acids is 1. The van der Waals surface area contributed by atoms with Gasteiger partial charge in [-0.25, -0.2) is 9.59 Å². The van der Waals surface area contributed by atoms with Gasteiger partial charge < -0.3 is 14.9 Å². The molecule has 0 amide bonds. The predicted octanol–water partition coefficient (Wildman–Crippen LogP) is 4.59. The summed E-state index contributed by atoms with van der Waals surface area (Å²) in [5.74, 6) is -1.27. The van der Waals surface area contributed by atoms with E-state index in [1.165, 1.54) is 12.1 Å². The molecule has 0 aliphatic heterocycles. The smallest absolute Gasteiger partial charge is 0.338 e. The van der Waals surface area contributed by atoms with E-state index in [9.17, 15) is 14.7 Å². The Morgan fingerprint density at radius 1 is 0.806 bits per heavy atom. The number of ether oxygens (including phenoxy) is 1. The van der Waals surface area contributed by atoms with E-state index in [1.54, 1.807) is 60.9 Å². The summed E-state index contributed by atoms with van der Waals surface area (Å²) in [4.78, 5) is 27.4. The van der Waals surface area contributed by atoms with Crippen molar-refractivity contribution in [2.45, 2.75) is 13.0 Å². The van der Waals surface area contributed by atoms with Crippen molar-refractivity contribution < 1.29 is 24.5 Å². The lowest BCUT2D eigenvalue weighted by Crippen LogP contribution is -2.05. The average Bonchev–Trinajstić information content (AvgIpc) is 2.78. The van der Waals surface area contributed by atoms with Gasteiger partial charge in [0.25, 0.3) is 0 Å². The molecular formula is C25H19NO5. The van der Waals surface area contributed by atoms with Crippen molar-refractivity contribution in [2.75, 3.05) is 0 Å². The maximum absolute atomic E-state index is 12.5. The molecule has 0 fully saturated rings. The van der Waals surface area contributed by atoms with Gasteiger partial charge in [-0.15, -0.1) is 0 Å². The lowest BCUT2D eigenvalue weighted by atomic mass is 9.98. The second-order valence-electron chi connectivity index (χ2n) is 7.15. The summed E-state index contributed by atoms with van der Waals surface area (Å²) in [6, 6.07) is 18.7. The van der Waals surface area contributed by atoms with E-state index in [0.29, 0.717) is 17.5 Å². The zero-order chi connectivity index (χ0) is 21.8. The normalized spacial score (nSPS) is 10.7. The van der Waals surface area contributed by atoms with Crippen LogP contribution in [-0.4, -0.2) is 27.1 Å². The lowest BCUT2D eigenvalue weighted by Gasteiger charge is -2.10. The fourth-order valence-electron chi connectivity index (χ4n) is 3.30. The number of carboxylic acids is 1. The van der Waals surface area contributed by atoms with E-state index in [1.807, 2.05) is 6.07 Å². The highest BCUT2D eigenvalue weighted by Crippen LogP contribution is 2.28. The van der Waals surface area contributed by atoms with Crippen molar-refractivity contribution in [2.24, 2.45) is 0 Å². The van der Waals surface area contributed by atoms with Crippen molar-refractivity contribution in [3.8, 4) is 5.75 Å². The van der Waals surface area contributed by atoms with E-state index < -0.39 is 11.9 Å². The molecule has 154 valence electrons. The highest BCUT2D eigenvalue weighted by atomic mass is 16.5. The zero-order valence-corrected chi connectivity index (χ0v) is 16.5. The van der Waals surface area contributed by atoms with Gasteiger partial charge in [0.15, 0.2) is 0 Å². The molecular weight excluding hydrogens is 394 g/mol. The first kappa shape index (κ1) is 20.1. The number of esters is 1. The molecule has 6 nitrogen and oxygen atoms in total. The molecule has 6 heteroatoms. The van der Waals surface area contributed by atoms with Gasteiger partial charge in [0.1, 0.15) is 12.4 Å². The van der Waals surface area contributed by atoms with Crippen LogP contribution in [0.25, 0.3) is 10.8 Å². The number of rotatable bonds is 6. The third-order valence-electron chi connectivity index (χ3n) is 4.99. The van der Waals surface area contributed by atoms with Gasteiger partial charge in [0.2, 0.25) is 0 Å². The van der Waals surface area contributed by atoms with Crippen molar-refractivity contribution in [3.63, 3.8) is 0 Å². The molecule has 0 aliphatic carbocycles. The fraction of sp³-hybridized carbons (Fsp3) is 0.0800. The van der Waals surface area contributed by atoms with Crippen LogP contribution >= 0.6 is 0 Å². The van der Waals surface area contributed by atoms with Gasteiger partial charge >= 0.3 is 11.9 Å². The van der Waals surface area contributed by atoms with Gasteiger partial charge in [0.05, 0.1) is 11.1 Å². The summed E-state index contributed by atoms with van der Waals surface area (Å²) >= 11 is 0. The Morgan fingerprint density at radius 2 is 1.52 bits per heavy atom. The third-order valence-corrected chi connectivity index (χ3v) is 4.99. The van der Waals surface area contributed by atoms with E-state index in [2.05, 4.69) is 4.98 Å². The first-order valence-electron chi connectivity index (χ1n) is 9.63. The highest BCUT2D eigenvalue weighted by Gasteiger charge is 2.11. The quantitative estimate of drug-likeness (QED) is 0.449. The maximum Gasteiger partial charge on any atom is 0.338 e. The number of benzene rings is 3. The lowest BCUT2D eigenvalue weighted by molar-refractivity contribution is 0.0472. The number of carboxylic acid groups (broad SMARTS) is 1. The van der Waals surface area contributed by atoms with Gasteiger partial charge in [-0.3, -0.25) is 4.98 Å². The fourth-order valence-corrected chi connectivity index (χ4v) is 3.30. The molecule has 0 atom stereocenters. The van der Waals surface area contributed by atoms with Crippen molar-refractivity contribution in [1.29, 1.82) is 0 Å². The van der Waals surface area contributed by atoms with Crippen molar-refractivity contribution in [3.05, 3.63) is 107 Å². The Labute approximate surface area is 178 Å². The maximum atomic E-state index is 12.5. The summed E-state index contributed by atoms with van der Waals surface area (Å²) in [6.45, 7) is 0.159. The molecule has 0 aliphatic rings. The van der Waals surface area contributed by atoms with Crippen LogP contribution in [0, 0.1) is 0 Å². The molecule has 1 aromatic heterocycles. The molecule has 0 saturated carbocycles. The number of aromatic hydroxyl groups is 1. The highest BCUT2D eigenvalue weighted by molar-refractivity contribution is 5.96. The van der Waals surface area contributed by atoms with Crippen LogP contribution in [0.4, 0.5) is 0 Å². The molecule has 0 radical (unpaired) electrons. The van der Waals surface area contributed by atoms with Crippen LogP contribution in [-0.2, 0) is 17.8 Å². The molecule has 0 saturated heterocycles. The molecule has 4 aromatic rings. The van der Waals surface area contributed by atoms with Crippen LogP contribution in [0.3, 0.4) is 0 Å². The van der Waals surface area contributed by atoms with Crippen LogP contribution in [0.15, 0.2) is 79.1 Å². The Bertz CT molecular complexity index is 1250. The first-order valence-corrected chi connectivity index (χ1v) is 9.63. The number of hydrogen-bond acceptors (Lipinski definition) is 5. The van der Waals surface area contributed by atoms with Crippen molar-refractivity contribution in [1.82, 2.24) is 4.98 Å². The minimum atomic E-state index is -0.983. The number of nitrogens with zero attached hydrogens (tertiary/aromatic N) is 1. The molecule has 3 aromatic carbocycles. The van der Waals surface area contributed by atoms with Crippen LogP contribution in [0.5, 0.6) is 5.75 Å². The molecule has 0 spiro atoms. The summed E-state index contributed by atoms with van der Waals surface area (Å²) in [6.07, 6.45) is 3.71. The van der Waals surface area contributed by atoms with Gasteiger partial charge in [-0.05, 0) is 76.0 Å². The second-order valence-corrected chi connectivity index (χ2v) is 7.15. The van der Waals surface area contributed by atoms with Crippen molar-refractivity contribution >= 4 is 22.7 Å². The van der Waals surface area contributed by atoms with Crippen LogP contribution < -0.4 is 0 Å². The van der Waals surface area contributed by atoms with E-state index in [4.69, 9.17) is 9.84 Å². The number of pyridine rings is 1. The summed E-state index contributed by atoms with van der Waals surface area (Å²) in [5, 5.41) is 21.0. The van der Waals surface area contributed by atoms with Gasteiger partial charge in [-0.2, -0.15) is 0 Å². The SMILES string of the molecule is O=C(O)c1ccc(Cc2cc3cc(C(=O)OCc4ccncc4)ccc3cc2O)cc1. The van der Waals surface area contributed by atoms with E-state index >= 15 is 0 Å². The van der Waals surface area contributed by atoms with Crippen LogP contribution in [0.1, 0.15) is 37.4 Å². The van der Waals surface area contributed by atoms with Gasteiger partial charge in [-0.1, -0.05) is 18.2 Å². The zero-order valence-electron chi connectivity index (χ0n) is 16.5. The number of aromatic carboxylic acids is 1. The number of phenols is 1. The molecule has 31 heavy (non-hydrogen) atoms. The second kappa shape index (κ2) is 8.67. The summed E-state index contributed by atoms with van der Waals surface area (Å²) in [7, 11) is 0. The minimum Gasteiger partial charge on any atom is -0.508 e. The molecule has 0 unspecified atom stereocenters. The number of fused-ring (bicyclic) bond motifs is 1. The Hall–Kier alpha value is -4.19. The van der Waals surface area contributed by atoms with Crippen LogP contribution in [0.2, 0.25) is 0 Å². The molecule has 2 N–H and O–H groups in total. The molecule has 1 heterocycles. The summed E-state index contributed by atoms with van der Waals surface area (Å²) in [5.41, 5.74) is 3.03. The summed E-state index contributed by atoms with van der Waals surface area (Å²) < 4.78 is 5.38. The number of aromatic nitrogens is 1. The Morgan fingerprint density at radius 3 is 2.23 bits per heavy atom. The first-order chi connectivity index (χ1) is 15.0. The third kappa shape index (κ3) is 4.70. The molecule has 0 bridgehead atoms. The average molecular weight is 413 g/mol. The number of hydrogen-bond donors (Lipinski definition) is 2.